The highest BCUT2D eigenvalue weighted by Crippen LogP contribution is 2.43. The van der Waals surface area contributed by atoms with E-state index in [0.717, 1.165) is 64.2 Å². The molecule has 5 N–H and O–H groups in total. The fourth-order valence-electron chi connectivity index (χ4n) is 3.91. The van der Waals surface area contributed by atoms with Gasteiger partial charge in [-0.25, -0.2) is 4.57 Å². The van der Waals surface area contributed by atoms with E-state index in [1.165, 1.54) is 0 Å². The second-order valence-corrected chi connectivity index (χ2v) is 12.0. The van der Waals surface area contributed by atoms with E-state index in [4.69, 9.17) is 14.8 Å². The number of carbonyl (C=O) groups excluding carboxylic acids is 1. The lowest BCUT2D eigenvalue weighted by Crippen LogP contribution is -2.45. The topological polar surface area (TPSA) is 131 Å². The molecular weight excluding hydrogens is 599 g/mol. The van der Waals surface area contributed by atoms with Crippen molar-refractivity contribution in [2.24, 2.45) is 5.73 Å². The van der Waals surface area contributed by atoms with Crippen molar-refractivity contribution in [1.29, 1.82) is 0 Å². The minimum absolute atomic E-state index is 0.0568. The molecule has 0 fully saturated rings. The second kappa shape index (κ2) is 32.4. The van der Waals surface area contributed by atoms with Crippen LogP contribution in [0.1, 0.15) is 97.3 Å². The number of hydrogen-bond donors (Lipinski definition) is 4. The molecular formula is C37H61N2O6P. The van der Waals surface area contributed by atoms with Crippen molar-refractivity contribution in [2.75, 3.05) is 19.8 Å². The predicted octanol–water partition coefficient (Wildman–Crippen LogP) is 8.49. The van der Waals surface area contributed by atoms with E-state index in [9.17, 15) is 19.4 Å². The molecule has 3 unspecified atom stereocenters. The number of aliphatic hydroxyl groups excluding tert-OH is 1. The molecule has 0 aliphatic carbocycles. The Morgan fingerprint density at radius 3 is 1.72 bits per heavy atom. The largest absolute Gasteiger partial charge is 0.472 e. The number of unbranched alkanes of at least 4 members (excludes halogenated alkanes) is 3. The molecule has 8 nitrogen and oxygen atoms in total. The number of aliphatic hydroxyl groups is 1. The molecule has 0 aliphatic rings. The average Bonchev–Trinajstić information content (AvgIpc) is 3.04. The quantitative estimate of drug-likeness (QED) is 0.0360. The Balaban J connectivity index is 4.55. The number of rotatable bonds is 29. The predicted molar refractivity (Wildman–Crippen MR) is 193 cm³/mol. The van der Waals surface area contributed by atoms with E-state index in [1.807, 2.05) is 6.08 Å². The number of carbonyl (C=O) groups is 1. The van der Waals surface area contributed by atoms with Crippen LogP contribution in [0.15, 0.2) is 97.2 Å². The van der Waals surface area contributed by atoms with Crippen molar-refractivity contribution in [2.45, 2.75) is 109 Å². The third-order valence-electron chi connectivity index (χ3n) is 6.38. The first-order valence-corrected chi connectivity index (χ1v) is 18.4. The lowest BCUT2D eigenvalue weighted by atomic mass is 10.1. The molecule has 1 amide bonds. The van der Waals surface area contributed by atoms with Crippen LogP contribution in [0, 0.1) is 0 Å². The minimum atomic E-state index is -4.36. The van der Waals surface area contributed by atoms with Gasteiger partial charge in [0.05, 0.1) is 25.4 Å². The third kappa shape index (κ3) is 30.1. The molecule has 0 heterocycles. The monoisotopic (exact) mass is 660 g/mol. The van der Waals surface area contributed by atoms with Gasteiger partial charge in [-0.2, -0.15) is 0 Å². The summed E-state index contributed by atoms with van der Waals surface area (Å²) in [6.07, 6.45) is 43.3. The van der Waals surface area contributed by atoms with Crippen molar-refractivity contribution in [3.05, 3.63) is 97.2 Å². The molecule has 46 heavy (non-hydrogen) atoms. The molecule has 0 aromatic heterocycles. The summed E-state index contributed by atoms with van der Waals surface area (Å²) in [4.78, 5) is 22.5. The second-order valence-electron chi connectivity index (χ2n) is 10.6. The van der Waals surface area contributed by atoms with Crippen LogP contribution >= 0.6 is 7.82 Å². The lowest BCUT2D eigenvalue weighted by Gasteiger charge is -2.23. The minimum Gasteiger partial charge on any atom is -0.387 e. The highest BCUT2D eigenvalue weighted by molar-refractivity contribution is 7.47. The molecule has 0 saturated carbocycles. The van der Waals surface area contributed by atoms with Gasteiger partial charge in [-0.05, 0) is 77.0 Å². The molecule has 0 radical (unpaired) electrons. The zero-order valence-electron chi connectivity index (χ0n) is 28.3. The van der Waals surface area contributed by atoms with Gasteiger partial charge in [-0.15, -0.1) is 0 Å². The Bertz CT molecular complexity index is 1030. The highest BCUT2D eigenvalue weighted by Gasteiger charge is 2.26. The number of phosphoric ester groups is 1. The number of phosphoric acid groups is 1. The van der Waals surface area contributed by atoms with Crippen LogP contribution in [0.4, 0.5) is 0 Å². The molecule has 0 aromatic rings. The van der Waals surface area contributed by atoms with Gasteiger partial charge in [-0.3, -0.25) is 13.8 Å². The number of amides is 1. The zero-order valence-corrected chi connectivity index (χ0v) is 29.2. The molecule has 0 spiro atoms. The fourth-order valence-corrected chi connectivity index (χ4v) is 4.67. The number of nitrogens with two attached hydrogens (primary N) is 1. The number of allylic oxidation sites excluding steroid dienone is 15. The normalized spacial score (nSPS) is 15.7. The summed E-state index contributed by atoms with van der Waals surface area (Å²) in [6, 6.07) is -0.916. The number of hydrogen-bond acceptors (Lipinski definition) is 6. The Labute approximate surface area is 279 Å². The summed E-state index contributed by atoms with van der Waals surface area (Å²) < 4.78 is 21.9. The van der Waals surface area contributed by atoms with Gasteiger partial charge in [0, 0.05) is 13.0 Å². The van der Waals surface area contributed by atoms with Crippen LogP contribution in [-0.2, 0) is 18.4 Å². The van der Waals surface area contributed by atoms with Crippen LogP contribution in [0.25, 0.3) is 0 Å². The summed E-state index contributed by atoms with van der Waals surface area (Å²) in [7, 11) is -4.36. The standard InChI is InChI=1S/C37H61N2O6P/c1-3-5-7-9-11-13-15-16-17-18-19-20-21-23-25-27-29-31-37(41)39-35(34-45-46(42,43)44-33-32-38)36(40)30-28-26-24-22-14-12-10-8-6-4-2/h5-8,11,13-14,16-17,19-20,22-23,25,28,30,35-36,40H,3-4,9-10,12,15,18,21,24,26-27,29,31-34,38H2,1-2H3,(H,39,41)(H,42,43)/b7-5-,8-6+,13-11-,17-16-,20-19-,22-14+,25-23-,30-28+. The van der Waals surface area contributed by atoms with Gasteiger partial charge in [0.2, 0.25) is 5.91 Å². The molecule has 0 aliphatic heterocycles. The maximum Gasteiger partial charge on any atom is 0.472 e. The van der Waals surface area contributed by atoms with Crippen LogP contribution in [0.5, 0.6) is 0 Å². The third-order valence-corrected chi connectivity index (χ3v) is 7.37. The van der Waals surface area contributed by atoms with Gasteiger partial charge in [0.25, 0.3) is 0 Å². The van der Waals surface area contributed by atoms with Gasteiger partial charge in [0.1, 0.15) is 0 Å². The van der Waals surface area contributed by atoms with E-state index in [-0.39, 0.29) is 25.5 Å². The molecule has 0 saturated heterocycles. The Kier molecular flexibility index (Phi) is 30.5. The van der Waals surface area contributed by atoms with E-state index >= 15 is 0 Å². The maximum absolute atomic E-state index is 12.6. The first-order chi connectivity index (χ1) is 22.4. The van der Waals surface area contributed by atoms with Crippen molar-refractivity contribution in [3.63, 3.8) is 0 Å². The highest BCUT2D eigenvalue weighted by atomic mass is 31.2. The summed E-state index contributed by atoms with van der Waals surface area (Å²) in [5.74, 6) is -0.274. The molecule has 3 atom stereocenters. The average molecular weight is 661 g/mol. The molecule has 9 heteroatoms. The summed E-state index contributed by atoms with van der Waals surface area (Å²) >= 11 is 0. The smallest absolute Gasteiger partial charge is 0.387 e. The molecule has 0 rings (SSSR count). The first-order valence-electron chi connectivity index (χ1n) is 16.9. The summed E-state index contributed by atoms with van der Waals surface area (Å²) in [5, 5.41) is 13.4. The Morgan fingerprint density at radius 1 is 0.717 bits per heavy atom. The van der Waals surface area contributed by atoms with Crippen molar-refractivity contribution in [3.8, 4) is 0 Å². The van der Waals surface area contributed by atoms with Gasteiger partial charge >= 0.3 is 7.82 Å². The van der Waals surface area contributed by atoms with Crippen LogP contribution in [0.2, 0.25) is 0 Å². The van der Waals surface area contributed by atoms with Crippen molar-refractivity contribution >= 4 is 13.7 Å². The van der Waals surface area contributed by atoms with E-state index in [0.29, 0.717) is 12.8 Å². The van der Waals surface area contributed by atoms with E-state index < -0.39 is 26.6 Å². The maximum atomic E-state index is 12.6. The van der Waals surface area contributed by atoms with Gasteiger partial charge in [0.15, 0.2) is 0 Å². The van der Waals surface area contributed by atoms with E-state index in [2.05, 4.69) is 104 Å². The lowest BCUT2D eigenvalue weighted by molar-refractivity contribution is -0.122. The molecule has 0 bridgehead atoms. The van der Waals surface area contributed by atoms with Crippen LogP contribution in [0.3, 0.4) is 0 Å². The zero-order chi connectivity index (χ0) is 34.0. The summed E-state index contributed by atoms with van der Waals surface area (Å²) in [5.41, 5.74) is 5.33. The SMILES string of the molecule is CC/C=C\C/C=C\C/C=C\C/C=C\C/C=C\CCCC(=O)NC(COP(=O)(O)OCCN)C(O)/C=C/CC/C=C/CC/C=C/CC. The Hall–Kier alpha value is -2.58. The van der Waals surface area contributed by atoms with Crippen molar-refractivity contribution in [1.82, 2.24) is 5.32 Å². The van der Waals surface area contributed by atoms with Crippen LogP contribution < -0.4 is 11.1 Å². The van der Waals surface area contributed by atoms with Gasteiger partial charge in [-0.1, -0.05) is 111 Å². The molecule has 260 valence electrons. The van der Waals surface area contributed by atoms with Crippen molar-refractivity contribution < 1.29 is 28.4 Å². The first kappa shape index (κ1) is 43.4. The van der Waals surface area contributed by atoms with Crippen LogP contribution in [-0.4, -0.2) is 47.8 Å². The number of nitrogens with one attached hydrogen (secondary N) is 1. The Morgan fingerprint density at radius 2 is 1.17 bits per heavy atom. The molecule has 0 aromatic carbocycles. The summed E-state index contributed by atoms with van der Waals surface area (Å²) in [6.45, 7) is 3.76. The fraction of sp³-hybridized carbons (Fsp3) is 0.541. The van der Waals surface area contributed by atoms with Gasteiger partial charge < -0.3 is 21.1 Å². The van der Waals surface area contributed by atoms with E-state index in [1.54, 1.807) is 6.08 Å².